The predicted octanol–water partition coefficient (Wildman–Crippen LogP) is 2.37. The number of aryl methyl sites for hydroxylation is 1. The van der Waals surface area contributed by atoms with Gasteiger partial charge in [-0.05, 0) is 80.5 Å². The van der Waals surface area contributed by atoms with E-state index in [1.165, 1.54) is 0 Å². The highest BCUT2D eigenvalue weighted by Gasteiger charge is 2.38. The number of nitrogens with one attached hydrogen (secondary N) is 1. The summed E-state index contributed by atoms with van der Waals surface area (Å²) in [4.78, 5) is 28.3. The van der Waals surface area contributed by atoms with Gasteiger partial charge < -0.3 is 35.6 Å². The number of phenols is 1. The summed E-state index contributed by atoms with van der Waals surface area (Å²) < 4.78 is 11.4. The first kappa shape index (κ1) is 26.9. The molecule has 0 saturated carbocycles. The minimum atomic E-state index is -0.763. The maximum atomic E-state index is 13.4. The van der Waals surface area contributed by atoms with E-state index in [1.54, 1.807) is 36.4 Å². The van der Waals surface area contributed by atoms with Crippen molar-refractivity contribution in [2.45, 2.75) is 63.8 Å². The molecule has 9 heteroatoms. The van der Waals surface area contributed by atoms with Gasteiger partial charge in [0.05, 0.1) is 43.6 Å². The van der Waals surface area contributed by atoms with Gasteiger partial charge in [0.1, 0.15) is 11.5 Å². The molecule has 2 aromatic rings. The van der Waals surface area contributed by atoms with Crippen molar-refractivity contribution in [1.29, 1.82) is 0 Å². The predicted molar refractivity (Wildman–Crippen MR) is 139 cm³/mol. The van der Waals surface area contributed by atoms with Crippen LogP contribution in [0.25, 0.3) is 0 Å². The summed E-state index contributed by atoms with van der Waals surface area (Å²) in [5.74, 6) is 0.0579. The molecule has 5 N–H and O–H groups in total. The third kappa shape index (κ3) is 6.41. The molecule has 2 amide bonds. The van der Waals surface area contributed by atoms with Gasteiger partial charge in [-0.1, -0.05) is 6.07 Å². The van der Waals surface area contributed by atoms with Gasteiger partial charge in [0.2, 0.25) is 0 Å². The average Bonchev–Trinajstić information content (AvgIpc) is 2.90. The summed E-state index contributed by atoms with van der Waals surface area (Å²) in [5, 5.41) is 22.8. The smallest absolute Gasteiger partial charge is 0.255 e. The third-order valence-corrected chi connectivity index (χ3v) is 7.14. The first-order chi connectivity index (χ1) is 17.9. The van der Waals surface area contributed by atoms with Gasteiger partial charge in [0, 0.05) is 18.7 Å². The molecule has 2 aliphatic heterocycles. The second-order valence-corrected chi connectivity index (χ2v) is 9.69. The molecule has 0 spiro atoms. The summed E-state index contributed by atoms with van der Waals surface area (Å²) in [6.45, 7) is 3.65. The maximum Gasteiger partial charge on any atom is 0.255 e. The van der Waals surface area contributed by atoms with Crippen molar-refractivity contribution < 1.29 is 29.3 Å². The molecule has 2 bridgehead atoms. The molecule has 2 fully saturated rings. The Morgan fingerprint density at radius 1 is 1.16 bits per heavy atom. The first-order valence-electron chi connectivity index (χ1n) is 13.1. The number of morpholine rings is 1. The number of ether oxygens (including phenoxy) is 2. The van der Waals surface area contributed by atoms with Crippen LogP contribution in [0.5, 0.6) is 11.5 Å². The Morgan fingerprint density at radius 3 is 2.62 bits per heavy atom. The van der Waals surface area contributed by atoms with Crippen LogP contribution in [0, 0.1) is 0 Å². The molecule has 2 unspecified atom stereocenters. The molecule has 2 heterocycles. The Morgan fingerprint density at radius 2 is 1.92 bits per heavy atom. The van der Waals surface area contributed by atoms with E-state index in [0.29, 0.717) is 56.1 Å². The quantitative estimate of drug-likeness (QED) is 0.385. The topological polar surface area (TPSA) is 134 Å². The number of aliphatic hydroxyl groups excluding tert-OH is 1. The summed E-state index contributed by atoms with van der Waals surface area (Å²) in [6.07, 6.45) is 3.19. The van der Waals surface area contributed by atoms with Crippen LogP contribution < -0.4 is 15.8 Å². The van der Waals surface area contributed by atoms with Crippen LogP contribution in [0.15, 0.2) is 36.4 Å². The number of fused-ring (bicyclic) bond motifs is 2. The molecule has 37 heavy (non-hydrogen) atoms. The van der Waals surface area contributed by atoms with Crippen molar-refractivity contribution in [1.82, 2.24) is 10.2 Å². The Labute approximate surface area is 217 Å². The fraction of sp³-hybridized carbons (Fsp3) is 0.500. The van der Waals surface area contributed by atoms with Gasteiger partial charge in [-0.25, -0.2) is 0 Å². The van der Waals surface area contributed by atoms with Gasteiger partial charge in [0.25, 0.3) is 11.8 Å². The van der Waals surface area contributed by atoms with E-state index >= 15 is 0 Å². The summed E-state index contributed by atoms with van der Waals surface area (Å²) in [6, 6.07) is 10.1. The molecule has 0 aromatic heterocycles. The largest absolute Gasteiger partial charge is 0.508 e. The second-order valence-electron chi connectivity index (χ2n) is 9.69. The lowest BCUT2D eigenvalue weighted by Crippen LogP contribution is -2.57. The first-order valence-corrected chi connectivity index (χ1v) is 13.1. The van der Waals surface area contributed by atoms with Gasteiger partial charge in [-0.2, -0.15) is 0 Å². The van der Waals surface area contributed by atoms with Crippen LogP contribution in [-0.4, -0.2) is 71.5 Å². The Bertz CT molecular complexity index is 1090. The zero-order valence-corrected chi connectivity index (χ0v) is 21.3. The molecule has 2 saturated heterocycles. The minimum Gasteiger partial charge on any atom is -0.508 e. The Hall–Kier alpha value is -3.14. The summed E-state index contributed by atoms with van der Waals surface area (Å²) in [7, 11) is 0. The number of hydrogen-bond acceptors (Lipinski definition) is 7. The van der Waals surface area contributed by atoms with Crippen molar-refractivity contribution in [2.75, 3.05) is 26.4 Å². The van der Waals surface area contributed by atoms with Crippen LogP contribution in [0.1, 0.15) is 64.4 Å². The molecule has 0 radical (unpaired) electrons. The number of aromatic hydroxyl groups is 1. The number of nitrogens with two attached hydrogens (primary N) is 1. The van der Waals surface area contributed by atoms with Crippen LogP contribution in [-0.2, 0) is 17.7 Å². The van der Waals surface area contributed by atoms with Crippen molar-refractivity contribution in [2.24, 2.45) is 5.73 Å². The van der Waals surface area contributed by atoms with Crippen molar-refractivity contribution in [3.63, 3.8) is 0 Å². The van der Waals surface area contributed by atoms with Crippen LogP contribution in [0.3, 0.4) is 0 Å². The summed E-state index contributed by atoms with van der Waals surface area (Å²) in [5.41, 5.74) is 8.34. The highest BCUT2D eigenvalue weighted by atomic mass is 16.5. The molecular formula is C28H37N3O6. The normalized spacial score (nSPS) is 19.8. The number of amides is 2. The molecule has 0 aliphatic carbocycles. The van der Waals surface area contributed by atoms with Gasteiger partial charge in [-0.3, -0.25) is 9.59 Å². The fourth-order valence-electron chi connectivity index (χ4n) is 5.21. The van der Waals surface area contributed by atoms with Gasteiger partial charge in [0.15, 0.2) is 0 Å². The summed E-state index contributed by atoms with van der Waals surface area (Å²) >= 11 is 0. The lowest BCUT2D eigenvalue weighted by molar-refractivity contribution is -0.0566. The standard InChI is InChI=1S/C28H37N3O6/c1-2-37-26-13-19(28(35)31-21-4-3-5-22(31)17-36-16-21)8-11-25(26)27(34)30-15-24(33)10-7-18-6-9-23(32)12-20(18)14-29/h6,8-9,11-13,21-22,24,32-33H,2-5,7,10,14-17,29H2,1H3,(H,30,34)/t21?,22?,24-/m0/s1. The van der Waals surface area contributed by atoms with E-state index in [9.17, 15) is 19.8 Å². The van der Waals surface area contributed by atoms with Gasteiger partial charge >= 0.3 is 0 Å². The molecule has 2 aromatic carbocycles. The number of nitrogens with zero attached hydrogens (tertiary/aromatic N) is 1. The molecule has 4 rings (SSSR count). The van der Waals surface area contributed by atoms with E-state index in [1.807, 2.05) is 11.8 Å². The number of hydrogen-bond donors (Lipinski definition) is 4. The number of carbonyl (C=O) groups excluding carboxylic acids is 2. The lowest BCUT2D eigenvalue weighted by atomic mass is 9.93. The number of piperidine rings is 1. The number of aliphatic hydroxyl groups is 1. The maximum absolute atomic E-state index is 13.4. The molecule has 3 atom stereocenters. The molecule has 9 nitrogen and oxygen atoms in total. The SMILES string of the molecule is CCOc1cc(C(=O)N2C3CCCC2COC3)ccc1C(=O)NC[C@@H](O)CCc1ccc(O)cc1CN. The van der Waals surface area contributed by atoms with E-state index < -0.39 is 6.10 Å². The van der Waals surface area contributed by atoms with Crippen molar-refractivity contribution >= 4 is 11.8 Å². The third-order valence-electron chi connectivity index (χ3n) is 7.14. The van der Waals surface area contributed by atoms with E-state index in [2.05, 4.69) is 5.32 Å². The van der Waals surface area contributed by atoms with Crippen molar-refractivity contribution in [3.05, 3.63) is 58.7 Å². The highest BCUT2D eigenvalue weighted by molar-refractivity contribution is 6.00. The zero-order valence-electron chi connectivity index (χ0n) is 21.3. The van der Waals surface area contributed by atoms with Crippen LogP contribution in [0.4, 0.5) is 0 Å². The minimum absolute atomic E-state index is 0.0626. The Kier molecular flexibility index (Phi) is 9.02. The number of benzene rings is 2. The lowest BCUT2D eigenvalue weighted by Gasteiger charge is -2.45. The molecule has 2 aliphatic rings. The van der Waals surface area contributed by atoms with Crippen molar-refractivity contribution in [3.8, 4) is 11.5 Å². The van der Waals surface area contributed by atoms with Crippen LogP contribution >= 0.6 is 0 Å². The zero-order chi connectivity index (χ0) is 26.4. The fourth-order valence-corrected chi connectivity index (χ4v) is 5.21. The average molecular weight is 512 g/mol. The molecular weight excluding hydrogens is 474 g/mol. The molecule has 200 valence electrons. The monoisotopic (exact) mass is 511 g/mol. The van der Waals surface area contributed by atoms with E-state index in [4.69, 9.17) is 15.2 Å². The van der Waals surface area contributed by atoms with E-state index in [0.717, 1.165) is 30.4 Å². The number of carbonyl (C=O) groups is 2. The Balaban J connectivity index is 1.38. The second kappa shape index (κ2) is 12.4. The van der Waals surface area contributed by atoms with Gasteiger partial charge in [-0.15, -0.1) is 0 Å². The van der Waals surface area contributed by atoms with E-state index in [-0.39, 0.29) is 36.2 Å². The highest BCUT2D eigenvalue weighted by Crippen LogP contribution is 2.30. The number of phenolic OH excluding ortho intramolecular Hbond substituents is 1. The number of rotatable bonds is 10. The van der Waals surface area contributed by atoms with Crippen LogP contribution in [0.2, 0.25) is 0 Å².